The zero-order valence-corrected chi connectivity index (χ0v) is 14.7. The molecule has 0 aliphatic heterocycles. The molecule has 0 fully saturated rings. The van der Waals surface area contributed by atoms with E-state index in [4.69, 9.17) is 0 Å². The van der Waals surface area contributed by atoms with Gasteiger partial charge in [-0.1, -0.05) is 68.3 Å². The maximum absolute atomic E-state index is 3.62. The van der Waals surface area contributed by atoms with Crippen molar-refractivity contribution in [1.82, 2.24) is 5.32 Å². The van der Waals surface area contributed by atoms with E-state index in [9.17, 15) is 0 Å². The molecule has 0 heterocycles. The third-order valence-electron chi connectivity index (χ3n) is 3.36. The molecule has 0 spiro atoms. The molecule has 1 unspecified atom stereocenters. The summed E-state index contributed by atoms with van der Waals surface area (Å²) in [4.78, 5) is 0. The Balaban J connectivity index is 1.79. The molecule has 0 aliphatic rings. The van der Waals surface area contributed by atoms with Crippen molar-refractivity contribution in [2.45, 2.75) is 25.8 Å². The van der Waals surface area contributed by atoms with Crippen LogP contribution in [0.25, 0.3) is 0 Å². The first-order valence-electron chi connectivity index (χ1n) is 6.89. The van der Waals surface area contributed by atoms with Crippen molar-refractivity contribution >= 4 is 31.9 Å². The maximum atomic E-state index is 3.62. The van der Waals surface area contributed by atoms with E-state index in [1.165, 1.54) is 11.1 Å². The van der Waals surface area contributed by atoms with Gasteiger partial charge in [-0.3, -0.25) is 0 Å². The fourth-order valence-electron chi connectivity index (χ4n) is 2.22. The number of benzene rings is 2. The summed E-state index contributed by atoms with van der Waals surface area (Å²) >= 11 is 7.11. The Morgan fingerprint density at radius 3 is 2.50 bits per heavy atom. The van der Waals surface area contributed by atoms with Gasteiger partial charge in [-0.05, 0) is 49.6 Å². The van der Waals surface area contributed by atoms with Crippen LogP contribution in [0.3, 0.4) is 0 Å². The molecule has 0 radical (unpaired) electrons. The van der Waals surface area contributed by atoms with Crippen LogP contribution in [0.1, 0.15) is 30.5 Å². The van der Waals surface area contributed by atoms with Crippen molar-refractivity contribution in [2.75, 3.05) is 6.54 Å². The summed E-state index contributed by atoms with van der Waals surface area (Å²) in [6, 6.07) is 17.3. The Hall–Kier alpha value is -0.640. The lowest BCUT2D eigenvalue weighted by Gasteiger charge is -2.16. The predicted molar refractivity (Wildman–Crippen MR) is 93.0 cm³/mol. The molecule has 1 nitrogen and oxygen atoms in total. The van der Waals surface area contributed by atoms with Gasteiger partial charge in [0.15, 0.2) is 0 Å². The molecular weight excluding hydrogens is 378 g/mol. The molecule has 0 saturated heterocycles. The van der Waals surface area contributed by atoms with Crippen LogP contribution in [0.4, 0.5) is 0 Å². The quantitative estimate of drug-likeness (QED) is 0.636. The van der Waals surface area contributed by atoms with Crippen molar-refractivity contribution in [3.05, 3.63) is 68.6 Å². The normalized spacial score (nSPS) is 12.3. The molecule has 106 valence electrons. The molecule has 0 saturated carbocycles. The highest BCUT2D eigenvalue weighted by molar-refractivity contribution is 9.11. The molecule has 2 rings (SSSR count). The predicted octanol–water partition coefficient (Wildman–Crippen LogP) is 5.50. The summed E-state index contributed by atoms with van der Waals surface area (Å²) in [6.45, 7) is 3.23. The molecule has 0 bridgehead atoms. The molecule has 20 heavy (non-hydrogen) atoms. The Labute approximate surface area is 138 Å². The largest absolute Gasteiger partial charge is 0.310 e. The highest BCUT2D eigenvalue weighted by atomic mass is 79.9. The fraction of sp³-hybridized carbons (Fsp3) is 0.294. The summed E-state index contributed by atoms with van der Waals surface area (Å²) in [7, 11) is 0. The van der Waals surface area contributed by atoms with Crippen LogP contribution >= 0.6 is 31.9 Å². The van der Waals surface area contributed by atoms with E-state index in [1.807, 2.05) is 0 Å². The van der Waals surface area contributed by atoms with E-state index in [1.54, 1.807) is 0 Å². The minimum absolute atomic E-state index is 0.355. The second kappa shape index (κ2) is 7.96. The minimum atomic E-state index is 0.355. The second-order valence-corrected chi connectivity index (χ2v) is 6.70. The second-order valence-electron chi connectivity index (χ2n) is 4.93. The number of nitrogens with one attached hydrogen (secondary N) is 1. The minimum Gasteiger partial charge on any atom is -0.310 e. The number of hydrogen-bond donors (Lipinski definition) is 1. The Morgan fingerprint density at radius 1 is 1.05 bits per heavy atom. The van der Waals surface area contributed by atoms with Gasteiger partial charge in [-0.25, -0.2) is 0 Å². The topological polar surface area (TPSA) is 12.0 Å². The van der Waals surface area contributed by atoms with E-state index in [0.29, 0.717) is 6.04 Å². The van der Waals surface area contributed by atoms with Crippen molar-refractivity contribution in [3.63, 3.8) is 0 Å². The zero-order chi connectivity index (χ0) is 14.4. The molecule has 1 N–H and O–H groups in total. The van der Waals surface area contributed by atoms with Gasteiger partial charge in [0.1, 0.15) is 0 Å². The maximum Gasteiger partial charge on any atom is 0.0302 e. The Bertz CT molecular complexity index is 540. The van der Waals surface area contributed by atoms with Gasteiger partial charge in [0.05, 0.1) is 0 Å². The van der Waals surface area contributed by atoms with E-state index >= 15 is 0 Å². The van der Waals surface area contributed by atoms with Crippen LogP contribution in [-0.2, 0) is 6.42 Å². The van der Waals surface area contributed by atoms with Crippen molar-refractivity contribution in [2.24, 2.45) is 0 Å². The third-order valence-corrected chi connectivity index (χ3v) is 4.54. The average molecular weight is 397 g/mol. The number of aryl methyl sites for hydroxylation is 1. The van der Waals surface area contributed by atoms with E-state index < -0.39 is 0 Å². The van der Waals surface area contributed by atoms with Gasteiger partial charge in [0, 0.05) is 15.0 Å². The fourth-order valence-corrected chi connectivity index (χ4v) is 3.61. The van der Waals surface area contributed by atoms with Crippen molar-refractivity contribution in [3.8, 4) is 0 Å². The SMILES string of the molecule is CC(NCCCc1ccccc1)c1ccc(Br)cc1Br. The third kappa shape index (κ3) is 4.72. The number of halogens is 2. The van der Waals surface area contributed by atoms with Gasteiger partial charge in [0.25, 0.3) is 0 Å². The summed E-state index contributed by atoms with van der Waals surface area (Å²) in [5, 5.41) is 3.58. The van der Waals surface area contributed by atoms with Gasteiger partial charge in [0.2, 0.25) is 0 Å². The zero-order valence-electron chi connectivity index (χ0n) is 11.6. The lowest BCUT2D eigenvalue weighted by atomic mass is 10.1. The summed E-state index contributed by atoms with van der Waals surface area (Å²) in [5.41, 5.74) is 2.71. The average Bonchev–Trinajstić information content (AvgIpc) is 2.44. The lowest BCUT2D eigenvalue weighted by molar-refractivity contribution is 0.557. The molecule has 1 atom stereocenters. The molecule has 0 aromatic heterocycles. The highest BCUT2D eigenvalue weighted by Gasteiger charge is 2.08. The smallest absolute Gasteiger partial charge is 0.0302 e. The first kappa shape index (κ1) is 15.7. The number of hydrogen-bond acceptors (Lipinski definition) is 1. The molecule has 2 aromatic rings. The van der Waals surface area contributed by atoms with Gasteiger partial charge in [-0.2, -0.15) is 0 Å². The molecule has 2 aromatic carbocycles. The van der Waals surface area contributed by atoms with Crippen LogP contribution in [0.15, 0.2) is 57.5 Å². The van der Waals surface area contributed by atoms with E-state index in [-0.39, 0.29) is 0 Å². The van der Waals surface area contributed by atoms with Crippen LogP contribution < -0.4 is 5.32 Å². The highest BCUT2D eigenvalue weighted by Crippen LogP contribution is 2.26. The van der Waals surface area contributed by atoms with E-state index in [0.717, 1.165) is 28.3 Å². The van der Waals surface area contributed by atoms with Crippen LogP contribution in [0.2, 0.25) is 0 Å². The number of rotatable bonds is 6. The van der Waals surface area contributed by atoms with Gasteiger partial charge in [-0.15, -0.1) is 0 Å². The van der Waals surface area contributed by atoms with E-state index in [2.05, 4.69) is 92.6 Å². The van der Waals surface area contributed by atoms with Gasteiger partial charge < -0.3 is 5.32 Å². The summed E-state index contributed by atoms with van der Waals surface area (Å²) in [6.07, 6.45) is 2.28. The molecule has 3 heteroatoms. The molecule has 0 amide bonds. The monoisotopic (exact) mass is 395 g/mol. The van der Waals surface area contributed by atoms with Crippen LogP contribution in [-0.4, -0.2) is 6.54 Å². The first-order valence-corrected chi connectivity index (χ1v) is 8.47. The van der Waals surface area contributed by atoms with Gasteiger partial charge >= 0.3 is 0 Å². The lowest BCUT2D eigenvalue weighted by Crippen LogP contribution is -2.20. The Morgan fingerprint density at radius 2 is 1.80 bits per heavy atom. The Kier molecular flexibility index (Phi) is 6.27. The van der Waals surface area contributed by atoms with Crippen LogP contribution in [0.5, 0.6) is 0 Å². The van der Waals surface area contributed by atoms with Crippen LogP contribution in [0, 0.1) is 0 Å². The molecular formula is C17H19Br2N. The summed E-state index contributed by atoms with van der Waals surface area (Å²) in [5.74, 6) is 0. The standard InChI is InChI=1S/C17H19Br2N/c1-13(16-10-9-15(18)12-17(16)19)20-11-5-8-14-6-3-2-4-7-14/h2-4,6-7,9-10,12-13,20H,5,8,11H2,1H3. The first-order chi connectivity index (χ1) is 9.66. The van der Waals surface area contributed by atoms with Crippen molar-refractivity contribution in [1.29, 1.82) is 0 Å². The van der Waals surface area contributed by atoms with Crippen molar-refractivity contribution < 1.29 is 0 Å². The molecule has 0 aliphatic carbocycles. The summed E-state index contributed by atoms with van der Waals surface area (Å²) < 4.78 is 2.25.